The van der Waals surface area contributed by atoms with Crippen molar-refractivity contribution in [2.75, 3.05) is 14.2 Å². The maximum atomic E-state index is 6.31. The Morgan fingerprint density at radius 3 is 2.41 bits per heavy atom. The molecule has 0 spiro atoms. The van der Waals surface area contributed by atoms with Crippen molar-refractivity contribution >= 4 is 15.9 Å². The molecule has 0 bridgehead atoms. The summed E-state index contributed by atoms with van der Waals surface area (Å²) in [5, 5.41) is 0. The maximum absolute atomic E-state index is 6.31. The van der Waals surface area contributed by atoms with Crippen LogP contribution in [0.25, 0.3) is 0 Å². The predicted molar refractivity (Wildman–Crippen MR) is 71.7 cm³/mol. The second kappa shape index (κ2) is 4.50. The molecule has 1 saturated carbocycles. The molecule has 0 amide bonds. The van der Waals surface area contributed by atoms with E-state index in [0.29, 0.717) is 0 Å². The summed E-state index contributed by atoms with van der Waals surface area (Å²) < 4.78 is 11.7. The van der Waals surface area contributed by atoms with Gasteiger partial charge in [-0.15, -0.1) is 0 Å². The Morgan fingerprint density at radius 2 is 2.00 bits per heavy atom. The molecule has 0 heterocycles. The quantitative estimate of drug-likeness (QED) is 0.929. The number of benzene rings is 1. The van der Waals surface area contributed by atoms with Crippen LogP contribution in [0.4, 0.5) is 0 Å². The normalized spacial score (nSPS) is 16.8. The number of halogens is 1. The molecular formula is C13H18BrNO2. The summed E-state index contributed by atoms with van der Waals surface area (Å²) in [5.41, 5.74) is 8.56. The minimum atomic E-state index is -0.159. The van der Waals surface area contributed by atoms with Crippen molar-refractivity contribution in [2.24, 2.45) is 5.73 Å². The Hall–Kier alpha value is -0.740. The highest BCUT2D eigenvalue weighted by molar-refractivity contribution is 9.10. The fourth-order valence-corrected chi connectivity index (χ4v) is 3.03. The van der Waals surface area contributed by atoms with Crippen LogP contribution in [0.3, 0.4) is 0 Å². The molecular weight excluding hydrogens is 282 g/mol. The summed E-state index contributed by atoms with van der Waals surface area (Å²) in [6.45, 7) is 2.13. The first-order valence-corrected chi connectivity index (χ1v) is 6.59. The third-order valence-corrected chi connectivity index (χ3v) is 4.23. The van der Waals surface area contributed by atoms with Crippen molar-refractivity contribution in [2.45, 2.75) is 31.7 Å². The first kappa shape index (κ1) is 12.7. The van der Waals surface area contributed by atoms with Crippen molar-refractivity contribution in [1.82, 2.24) is 0 Å². The van der Waals surface area contributed by atoms with Gasteiger partial charge >= 0.3 is 0 Å². The Bertz CT molecular complexity index is 442. The number of hydrogen-bond acceptors (Lipinski definition) is 3. The summed E-state index contributed by atoms with van der Waals surface area (Å²) in [5.74, 6) is 1.49. The monoisotopic (exact) mass is 299 g/mol. The molecule has 17 heavy (non-hydrogen) atoms. The first-order valence-electron chi connectivity index (χ1n) is 5.80. The van der Waals surface area contributed by atoms with Gasteiger partial charge in [-0.3, -0.25) is 0 Å². The molecule has 0 aromatic heterocycles. The minimum Gasteiger partial charge on any atom is -0.493 e. The summed E-state index contributed by atoms with van der Waals surface area (Å²) in [7, 11) is 3.30. The molecule has 94 valence electrons. The second-order valence-electron chi connectivity index (χ2n) is 4.46. The van der Waals surface area contributed by atoms with E-state index in [0.717, 1.165) is 35.2 Å². The van der Waals surface area contributed by atoms with Gasteiger partial charge in [0.2, 0.25) is 0 Å². The molecule has 3 nitrogen and oxygen atoms in total. The standard InChI is InChI=1S/C13H18BrNO2/c1-4-8-9(13(15)5-6-13)7-10(16-2)12(17-3)11(8)14/h7H,4-6,15H2,1-3H3. The molecule has 1 aliphatic rings. The van der Waals surface area contributed by atoms with E-state index in [1.54, 1.807) is 14.2 Å². The molecule has 0 aliphatic heterocycles. The highest BCUT2D eigenvalue weighted by Gasteiger charge is 2.42. The van der Waals surface area contributed by atoms with Gasteiger partial charge in [0.25, 0.3) is 0 Å². The molecule has 0 saturated heterocycles. The van der Waals surface area contributed by atoms with Gasteiger partial charge in [0.1, 0.15) is 0 Å². The van der Waals surface area contributed by atoms with Crippen molar-refractivity contribution < 1.29 is 9.47 Å². The van der Waals surface area contributed by atoms with E-state index in [1.807, 2.05) is 6.07 Å². The third kappa shape index (κ3) is 2.04. The van der Waals surface area contributed by atoms with Crippen LogP contribution < -0.4 is 15.2 Å². The lowest BCUT2D eigenvalue weighted by Crippen LogP contribution is -2.21. The van der Waals surface area contributed by atoms with Crippen LogP contribution in [-0.4, -0.2) is 14.2 Å². The van der Waals surface area contributed by atoms with Gasteiger partial charge in [-0.05, 0) is 52.4 Å². The number of ether oxygens (including phenoxy) is 2. The van der Waals surface area contributed by atoms with Crippen molar-refractivity contribution in [1.29, 1.82) is 0 Å². The van der Waals surface area contributed by atoms with Gasteiger partial charge in [-0.1, -0.05) is 6.92 Å². The van der Waals surface area contributed by atoms with Crippen LogP contribution in [-0.2, 0) is 12.0 Å². The lowest BCUT2D eigenvalue weighted by molar-refractivity contribution is 0.351. The minimum absolute atomic E-state index is 0.159. The summed E-state index contributed by atoms with van der Waals surface area (Å²) in [6, 6.07) is 2.02. The molecule has 2 N–H and O–H groups in total. The zero-order valence-electron chi connectivity index (χ0n) is 10.5. The molecule has 0 atom stereocenters. The largest absolute Gasteiger partial charge is 0.493 e. The average molecular weight is 300 g/mol. The lowest BCUT2D eigenvalue weighted by atomic mass is 9.96. The van der Waals surface area contributed by atoms with Crippen LogP contribution in [0.1, 0.15) is 30.9 Å². The molecule has 4 heteroatoms. The third-order valence-electron chi connectivity index (χ3n) is 3.39. The zero-order chi connectivity index (χ0) is 12.6. The van der Waals surface area contributed by atoms with Crippen LogP contribution >= 0.6 is 15.9 Å². The number of nitrogens with two attached hydrogens (primary N) is 1. The van der Waals surface area contributed by atoms with Gasteiger partial charge in [-0.2, -0.15) is 0 Å². The fourth-order valence-electron chi connectivity index (χ4n) is 2.18. The average Bonchev–Trinajstić information content (AvgIpc) is 3.07. The predicted octanol–water partition coefficient (Wildman–Crippen LogP) is 2.98. The van der Waals surface area contributed by atoms with E-state index in [-0.39, 0.29) is 5.54 Å². The number of methoxy groups -OCH3 is 2. The molecule has 1 aromatic carbocycles. The van der Waals surface area contributed by atoms with Crippen molar-refractivity contribution in [3.63, 3.8) is 0 Å². The Kier molecular flexibility index (Phi) is 3.36. The van der Waals surface area contributed by atoms with E-state index < -0.39 is 0 Å². The van der Waals surface area contributed by atoms with Crippen LogP contribution in [0.5, 0.6) is 11.5 Å². The fraction of sp³-hybridized carbons (Fsp3) is 0.538. The molecule has 1 aromatic rings. The van der Waals surface area contributed by atoms with E-state index in [2.05, 4.69) is 22.9 Å². The van der Waals surface area contributed by atoms with Crippen molar-refractivity contribution in [3.8, 4) is 11.5 Å². The molecule has 1 fully saturated rings. The van der Waals surface area contributed by atoms with Crippen LogP contribution in [0.15, 0.2) is 10.5 Å². The highest BCUT2D eigenvalue weighted by atomic mass is 79.9. The smallest absolute Gasteiger partial charge is 0.175 e. The van der Waals surface area contributed by atoms with Crippen LogP contribution in [0.2, 0.25) is 0 Å². The highest BCUT2D eigenvalue weighted by Crippen LogP contribution is 2.50. The summed E-state index contributed by atoms with van der Waals surface area (Å²) in [6.07, 6.45) is 3.01. The van der Waals surface area contributed by atoms with E-state index in [1.165, 1.54) is 11.1 Å². The number of hydrogen-bond donors (Lipinski definition) is 1. The first-order chi connectivity index (χ1) is 8.07. The van der Waals surface area contributed by atoms with Gasteiger partial charge in [0.05, 0.1) is 18.7 Å². The van der Waals surface area contributed by atoms with E-state index in [9.17, 15) is 0 Å². The number of rotatable bonds is 4. The van der Waals surface area contributed by atoms with E-state index in [4.69, 9.17) is 15.2 Å². The Balaban J connectivity index is 2.63. The Labute approximate surface area is 110 Å². The van der Waals surface area contributed by atoms with Crippen LogP contribution in [0, 0.1) is 0 Å². The zero-order valence-corrected chi connectivity index (χ0v) is 12.1. The summed E-state index contributed by atoms with van der Waals surface area (Å²) >= 11 is 3.60. The molecule has 0 radical (unpaired) electrons. The topological polar surface area (TPSA) is 44.5 Å². The van der Waals surface area contributed by atoms with E-state index >= 15 is 0 Å². The van der Waals surface area contributed by atoms with Gasteiger partial charge in [0, 0.05) is 5.54 Å². The van der Waals surface area contributed by atoms with Gasteiger partial charge < -0.3 is 15.2 Å². The molecule has 1 aliphatic carbocycles. The summed E-state index contributed by atoms with van der Waals surface area (Å²) in [4.78, 5) is 0. The van der Waals surface area contributed by atoms with Crippen molar-refractivity contribution in [3.05, 3.63) is 21.7 Å². The second-order valence-corrected chi connectivity index (χ2v) is 5.25. The van der Waals surface area contributed by atoms with Gasteiger partial charge in [-0.25, -0.2) is 0 Å². The lowest BCUT2D eigenvalue weighted by Gasteiger charge is -2.20. The molecule has 0 unspecified atom stereocenters. The SMILES string of the molecule is CCc1c(C2(N)CC2)cc(OC)c(OC)c1Br. The molecule has 2 rings (SSSR count). The van der Waals surface area contributed by atoms with Gasteiger partial charge in [0.15, 0.2) is 11.5 Å². The maximum Gasteiger partial charge on any atom is 0.175 e. The Morgan fingerprint density at radius 1 is 1.35 bits per heavy atom.